The van der Waals surface area contributed by atoms with Crippen molar-refractivity contribution < 1.29 is 23.6 Å². The summed E-state index contributed by atoms with van der Waals surface area (Å²) < 4.78 is 10.5. The quantitative estimate of drug-likeness (QED) is 0.479. The Morgan fingerprint density at radius 3 is 2.25 bits per heavy atom. The van der Waals surface area contributed by atoms with Gasteiger partial charge in [-0.25, -0.2) is 4.79 Å². The van der Waals surface area contributed by atoms with E-state index >= 15 is 0 Å². The lowest BCUT2D eigenvalue weighted by Gasteiger charge is -2.27. The zero-order valence-electron chi connectivity index (χ0n) is 15.6. The zero-order valence-corrected chi connectivity index (χ0v) is 18.6. The van der Waals surface area contributed by atoms with E-state index in [0.717, 1.165) is 0 Å². The highest BCUT2D eigenvalue weighted by Crippen LogP contribution is 2.23. The van der Waals surface area contributed by atoms with Crippen molar-refractivity contribution in [2.75, 3.05) is 20.2 Å². The first-order valence-electron chi connectivity index (χ1n) is 7.87. The Balaban J connectivity index is 0. The number of β-amino-alcohol motifs (C(OH)–C–C–N with tert-alkyl or cyclic N) is 1. The molecule has 1 rings (SSSR count). The minimum Gasteiger partial charge on any atom is -0.444 e. The molecular weight excluding hydrogens is 447 g/mol. The van der Waals surface area contributed by atoms with Crippen molar-refractivity contribution in [3.8, 4) is 0 Å². The third kappa shape index (κ3) is 13.1. The van der Waals surface area contributed by atoms with Crippen LogP contribution in [-0.2, 0) is 13.7 Å². The number of likely N-dealkylation sites (tertiary alicyclic amines) is 1. The average Bonchev–Trinajstić information content (AvgIpc) is 2.87. The van der Waals surface area contributed by atoms with Gasteiger partial charge in [0.25, 0.3) is 0 Å². The number of nitrogens with one attached hydrogen (secondary N) is 1. The van der Waals surface area contributed by atoms with Gasteiger partial charge in [-0.2, -0.15) is 0 Å². The summed E-state index contributed by atoms with van der Waals surface area (Å²) in [5.41, 5.74) is -0.520. The standard InChI is InChI=1S/C10H18INO4S.C3H7NO.C2H6/c1-10(2,3)16-9(14)12-5-8(13)4-7(12)6-15-17-11;1-3(5)4-2;1-2/h7-8,13H,4-6H2,1-3H3;1-2H3,(H,4,5);1-2H3. The van der Waals surface area contributed by atoms with Gasteiger partial charge in [0.1, 0.15) is 5.60 Å². The summed E-state index contributed by atoms with van der Waals surface area (Å²) in [6, 6.07) is -0.109. The molecule has 2 N–H and O–H groups in total. The minimum absolute atomic E-state index is 0.00463. The molecule has 24 heavy (non-hydrogen) atoms. The maximum atomic E-state index is 11.9. The Morgan fingerprint density at radius 2 is 1.88 bits per heavy atom. The first-order chi connectivity index (χ1) is 11.1. The van der Waals surface area contributed by atoms with Crippen molar-refractivity contribution in [2.24, 2.45) is 0 Å². The number of nitrogens with zero attached hydrogens (tertiary/aromatic N) is 1. The SMILES string of the molecule is CC.CC(C)(C)OC(=O)N1CC(O)CC1COSI.CNC(C)=O. The van der Waals surface area contributed by atoms with E-state index in [1.165, 1.54) is 16.1 Å². The average molecular weight is 478 g/mol. The molecule has 2 amide bonds. The molecule has 0 spiro atoms. The van der Waals surface area contributed by atoms with Gasteiger partial charge >= 0.3 is 6.09 Å². The lowest BCUT2D eigenvalue weighted by Crippen LogP contribution is -2.41. The van der Waals surface area contributed by atoms with Crippen LogP contribution in [0.2, 0.25) is 0 Å². The molecule has 7 nitrogen and oxygen atoms in total. The van der Waals surface area contributed by atoms with Crippen LogP contribution in [-0.4, -0.2) is 60.0 Å². The van der Waals surface area contributed by atoms with Gasteiger partial charge in [0.05, 0.1) is 34.5 Å². The Hall–Kier alpha value is -0.260. The maximum absolute atomic E-state index is 11.9. The normalized spacial score (nSPS) is 19.5. The van der Waals surface area contributed by atoms with Crippen molar-refractivity contribution in [3.05, 3.63) is 0 Å². The Kier molecular flexibility index (Phi) is 15.1. The minimum atomic E-state index is -0.520. The molecule has 0 radical (unpaired) electrons. The molecule has 2 unspecified atom stereocenters. The fourth-order valence-electron chi connectivity index (χ4n) is 1.70. The van der Waals surface area contributed by atoms with Crippen molar-refractivity contribution in [2.45, 2.75) is 65.7 Å². The summed E-state index contributed by atoms with van der Waals surface area (Å²) >= 11 is 2.02. The molecule has 1 aliphatic heterocycles. The third-order valence-electron chi connectivity index (χ3n) is 2.68. The summed E-state index contributed by atoms with van der Waals surface area (Å²) in [6.45, 7) is 11.7. The topological polar surface area (TPSA) is 88.1 Å². The predicted molar refractivity (Wildman–Crippen MR) is 106 cm³/mol. The highest BCUT2D eigenvalue weighted by atomic mass is 127. The van der Waals surface area contributed by atoms with Crippen LogP contribution in [0.1, 0.15) is 48.0 Å². The number of carbonyl (C=O) groups excluding carboxylic acids is 2. The number of amides is 2. The second-order valence-electron chi connectivity index (χ2n) is 5.83. The van der Waals surface area contributed by atoms with Crippen LogP contribution in [0.25, 0.3) is 0 Å². The fourth-order valence-corrected chi connectivity index (χ4v) is 2.35. The summed E-state index contributed by atoms with van der Waals surface area (Å²) in [5.74, 6) is 0.00463. The Labute approximate surface area is 162 Å². The number of aliphatic hydroxyl groups is 1. The van der Waals surface area contributed by atoms with E-state index in [2.05, 4.69) is 5.32 Å². The first kappa shape index (κ1) is 26.0. The molecule has 1 saturated heterocycles. The molecule has 0 aromatic heterocycles. The fraction of sp³-hybridized carbons (Fsp3) is 0.867. The van der Waals surface area contributed by atoms with Gasteiger partial charge in [0.2, 0.25) is 5.91 Å². The summed E-state index contributed by atoms with van der Waals surface area (Å²) in [6.07, 6.45) is -0.340. The number of ether oxygens (including phenoxy) is 1. The number of hydrogen-bond acceptors (Lipinski definition) is 6. The smallest absolute Gasteiger partial charge is 0.410 e. The van der Waals surface area contributed by atoms with Crippen LogP contribution < -0.4 is 5.32 Å². The first-order valence-corrected chi connectivity index (χ1v) is 11.1. The number of hydrogen-bond donors (Lipinski definition) is 2. The molecule has 144 valence electrons. The number of halogens is 1. The number of carbonyl (C=O) groups is 2. The largest absolute Gasteiger partial charge is 0.444 e. The molecule has 0 saturated carbocycles. The van der Waals surface area contributed by atoms with Crippen LogP contribution in [0.5, 0.6) is 0 Å². The van der Waals surface area contributed by atoms with E-state index in [9.17, 15) is 14.7 Å². The Bertz CT molecular complexity index is 366. The van der Waals surface area contributed by atoms with Crippen molar-refractivity contribution in [3.63, 3.8) is 0 Å². The lowest BCUT2D eigenvalue weighted by atomic mass is 10.2. The summed E-state index contributed by atoms with van der Waals surface area (Å²) in [7, 11) is 2.83. The molecular formula is C15H31IN2O5S. The summed E-state index contributed by atoms with van der Waals surface area (Å²) in [5, 5.41) is 12.0. The van der Waals surface area contributed by atoms with Gasteiger partial charge < -0.3 is 24.2 Å². The monoisotopic (exact) mass is 478 g/mol. The van der Waals surface area contributed by atoms with Crippen LogP contribution in [0, 0.1) is 0 Å². The highest BCUT2D eigenvalue weighted by Gasteiger charge is 2.36. The Morgan fingerprint density at radius 1 is 1.38 bits per heavy atom. The molecule has 1 aliphatic rings. The molecule has 9 heteroatoms. The lowest BCUT2D eigenvalue weighted by molar-refractivity contribution is -0.118. The molecule has 0 aliphatic carbocycles. The van der Waals surface area contributed by atoms with Gasteiger partial charge in [-0.3, -0.25) is 4.79 Å². The van der Waals surface area contributed by atoms with E-state index in [0.29, 0.717) is 19.6 Å². The van der Waals surface area contributed by atoms with E-state index in [1.54, 1.807) is 11.9 Å². The number of aliphatic hydroxyl groups excluding tert-OH is 1. The highest BCUT2D eigenvalue weighted by molar-refractivity contribution is 14.2. The van der Waals surface area contributed by atoms with Crippen molar-refractivity contribution in [1.82, 2.24) is 10.2 Å². The van der Waals surface area contributed by atoms with Crippen LogP contribution in [0.15, 0.2) is 0 Å². The molecule has 1 heterocycles. The number of rotatable bonds is 3. The van der Waals surface area contributed by atoms with E-state index < -0.39 is 11.7 Å². The van der Waals surface area contributed by atoms with Crippen molar-refractivity contribution >= 4 is 42.4 Å². The van der Waals surface area contributed by atoms with Crippen LogP contribution >= 0.6 is 30.4 Å². The molecule has 0 aromatic carbocycles. The van der Waals surface area contributed by atoms with E-state index in [4.69, 9.17) is 8.92 Å². The van der Waals surface area contributed by atoms with Crippen LogP contribution in [0.3, 0.4) is 0 Å². The maximum Gasteiger partial charge on any atom is 0.410 e. The van der Waals surface area contributed by atoms with Gasteiger partial charge in [-0.1, -0.05) is 13.8 Å². The van der Waals surface area contributed by atoms with Gasteiger partial charge in [0.15, 0.2) is 0 Å². The molecule has 1 fully saturated rings. The van der Waals surface area contributed by atoms with E-state index in [-0.39, 0.29) is 18.0 Å². The molecule has 0 bridgehead atoms. The van der Waals surface area contributed by atoms with Crippen LogP contribution in [0.4, 0.5) is 4.79 Å². The van der Waals surface area contributed by atoms with Crippen molar-refractivity contribution in [1.29, 1.82) is 0 Å². The van der Waals surface area contributed by atoms with Gasteiger partial charge in [-0.15, -0.1) is 0 Å². The predicted octanol–water partition coefficient (Wildman–Crippen LogP) is 3.15. The summed E-state index contributed by atoms with van der Waals surface area (Å²) in [4.78, 5) is 23.2. The second kappa shape index (κ2) is 14.0. The molecule has 2 atom stereocenters. The second-order valence-corrected chi connectivity index (χ2v) is 7.27. The van der Waals surface area contributed by atoms with E-state index in [1.807, 2.05) is 55.8 Å². The van der Waals surface area contributed by atoms with Gasteiger partial charge in [-0.05, 0) is 27.2 Å². The zero-order chi connectivity index (χ0) is 19.3. The molecule has 0 aromatic rings. The van der Waals surface area contributed by atoms with Gasteiger partial charge in [0, 0.05) is 35.2 Å². The third-order valence-corrected chi connectivity index (χ3v) is 3.67.